The van der Waals surface area contributed by atoms with Gasteiger partial charge in [-0.1, -0.05) is 31.5 Å². The van der Waals surface area contributed by atoms with Crippen molar-refractivity contribution in [3.63, 3.8) is 0 Å². The molecule has 0 aliphatic rings. The van der Waals surface area contributed by atoms with Crippen LogP contribution >= 0.6 is 11.6 Å². The third kappa shape index (κ3) is 3.78. The molecule has 0 fully saturated rings. The molecule has 2 rings (SSSR count). The normalized spacial score (nSPS) is 11.1. The fourth-order valence-electron chi connectivity index (χ4n) is 1.92. The average molecular weight is 296 g/mol. The number of benzene rings is 2. The van der Waals surface area contributed by atoms with Gasteiger partial charge in [-0.15, -0.1) is 0 Å². The van der Waals surface area contributed by atoms with Crippen LogP contribution in [0, 0.1) is 11.6 Å². The highest BCUT2D eigenvalue weighted by Crippen LogP contribution is 2.26. The van der Waals surface area contributed by atoms with E-state index in [2.05, 4.69) is 5.32 Å². The molecule has 0 aliphatic carbocycles. The van der Waals surface area contributed by atoms with Crippen molar-refractivity contribution in [3.8, 4) is 11.1 Å². The summed E-state index contributed by atoms with van der Waals surface area (Å²) in [4.78, 5) is 0. The highest BCUT2D eigenvalue weighted by Gasteiger charge is 2.07. The minimum absolute atomic E-state index is 0.335. The highest BCUT2D eigenvalue weighted by molar-refractivity contribution is 6.31. The Bertz CT molecular complexity index is 591. The lowest BCUT2D eigenvalue weighted by Crippen LogP contribution is -2.21. The standard InChI is InChI=1S/C16H16ClF2N/c1-10(2)20-9-13-5-11(3-4-16(13)17)12-6-14(18)8-15(19)7-12/h3-8,10,20H,9H2,1-2H3. The molecule has 0 radical (unpaired) electrons. The molecule has 0 aromatic heterocycles. The summed E-state index contributed by atoms with van der Waals surface area (Å²) in [5, 5.41) is 3.91. The van der Waals surface area contributed by atoms with Crippen LogP contribution < -0.4 is 5.32 Å². The second-order valence-corrected chi connectivity index (χ2v) is 5.41. The lowest BCUT2D eigenvalue weighted by molar-refractivity contribution is 0.584. The summed E-state index contributed by atoms with van der Waals surface area (Å²) in [5.74, 6) is -1.17. The van der Waals surface area contributed by atoms with E-state index in [0.717, 1.165) is 17.2 Å². The van der Waals surface area contributed by atoms with Gasteiger partial charge in [0.15, 0.2) is 0 Å². The van der Waals surface area contributed by atoms with Gasteiger partial charge in [0.25, 0.3) is 0 Å². The first-order valence-corrected chi connectivity index (χ1v) is 6.82. The van der Waals surface area contributed by atoms with Crippen molar-refractivity contribution in [2.75, 3.05) is 0 Å². The fraction of sp³-hybridized carbons (Fsp3) is 0.250. The summed E-state index contributed by atoms with van der Waals surface area (Å²) >= 11 is 6.14. The summed E-state index contributed by atoms with van der Waals surface area (Å²) in [5.41, 5.74) is 2.15. The molecular weight excluding hydrogens is 280 g/mol. The predicted octanol–water partition coefficient (Wildman–Crippen LogP) is 4.78. The minimum Gasteiger partial charge on any atom is -0.310 e. The van der Waals surface area contributed by atoms with Crippen LogP contribution in [0.25, 0.3) is 11.1 Å². The number of hydrogen-bond donors (Lipinski definition) is 1. The summed E-state index contributed by atoms with van der Waals surface area (Å²) in [6.45, 7) is 4.70. The van der Waals surface area contributed by atoms with Crippen LogP contribution in [0.15, 0.2) is 36.4 Å². The third-order valence-corrected chi connectivity index (χ3v) is 3.31. The van der Waals surface area contributed by atoms with Gasteiger partial charge in [-0.05, 0) is 41.0 Å². The molecular formula is C16H16ClF2N. The second kappa shape index (κ2) is 6.33. The summed E-state index contributed by atoms with van der Waals surface area (Å²) in [6.07, 6.45) is 0. The Hall–Kier alpha value is -1.45. The van der Waals surface area contributed by atoms with Gasteiger partial charge < -0.3 is 5.32 Å². The van der Waals surface area contributed by atoms with Crippen LogP contribution in [-0.4, -0.2) is 6.04 Å². The largest absolute Gasteiger partial charge is 0.310 e. The first kappa shape index (κ1) is 14.9. The maximum atomic E-state index is 13.3. The van der Waals surface area contributed by atoms with E-state index >= 15 is 0 Å². The molecule has 0 heterocycles. The molecule has 4 heteroatoms. The molecule has 0 aliphatic heterocycles. The molecule has 0 bridgehead atoms. The van der Waals surface area contributed by atoms with Crippen LogP contribution in [0.3, 0.4) is 0 Å². The Labute approximate surface area is 122 Å². The SMILES string of the molecule is CC(C)NCc1cc(-c2cc(F)cc(F)c2)ccc1Cl. The maximum absolute atomic E-state index is 13.3. The molecule has 0 saturated carbocycles. The second-order valence-electron chi connectivity index (χ2n) is 5.00. The van der Waals surface area contributed by atoms with Gasteiger partial charge >= 0.3 is 0 Å². The molecule has 20 heavy (non-hydrogen) atoms. The quantitative estimate of drug-likeness (QED) is 0.855. The van der Waals surface area contributed by atoms with Crippen LogP contribution in [0.4, 0.5) is 8.78 Å². The number of nitrogens with one attached hydrogen (secondary N) is 1. The van der Waals surface area contributed by atoms with Crippen molar-refractivity contribution in [2.24, 2.45) is 0 Å². The Kier molecular flexibility index (Phi) is 4.73. The van der Waals surface area contributed by atoms with Gasteiger partial charge in [0.1, 0.15) is 11.6 Å². The average Bonchev–Trinajstić information content (AvgIpc) is 2.36. The van der Waals surface area contributed by atoms with Crippen LogP contribution in [0.1, 0.15) is 19.4 Å². The third-order valence-electron chi connectivity index (χ3n) is 2.94. The molecule has 0 saturated heterocycles. The maximum Gasteiger partial charge on any atom is 0.126 e. The van der Waals surface area contributed by atoms with E-state index < -0.39 is 11.6 Å². The van der Waals surface area contributed by atoms with E-state index in [1.165, 1.54) is 12.1 Å². The van der Waals surface area contributed by atoms with Crippen LogP contribution in [-0.2, 0) is 6.54 Å². The smallest absolute Gasteiger partial charge is 0.126 e. The van der Waals surface area contributed by atoms with E-state index in [1.807, 2.05) is 19.9 Å². The van der Waals surface area contributed by atoms with Crippen molar-refractivity contribution in [3.05, 3.63) is 58.6 Å². The molecule has 1 N–H and O–H groups in total. The predicted molar refractivity (Wildman–Crippen MR) is 78.8 cm³/mol. The van der Waals surface area contributed by atoms with Gasteiger partial charge in [0.2, 0.25) is 0 Å². The number of hydrogen-bond acceptors (Lipinski definition) is 1. The van der Waals surface area contributed by atoms with Gasteiger partial charge in [0.05, 0.1) is 0 Å². The van der Waals surface area contributed by atoms with Crippen molar-refractivity contribution in [1.82, 2.24) is 5.32 Å². The molecule has 0 amide bonds. The van der Waals surface area contributed by atoms with E-state index in [4.69, 9.17) is 11.6 Å². The molecule has 1 nitrogen and oxygen atoms in total. The fourth-order valence-corrected chi connectivity index (χ4v) is 2.11. The topological polar surface area (TPSA) is 12.0 Å². The van der Waals surface area contributed by atoms with Crippen molar-refractivity contribution in [1.29, 1.82) is 0 Å². The molecule has 0 spiro atoms. The first-order valence-electron chi connectivity index (χ1n) is 6.44. The summed E-state index contributed by atoms with van der Waals surface area (Å²) < 4.78 is 26.5. The molecule has 0 unspecified atom stereocenters. The molecule has 2 aromatic carbocycles. The summed E-state index contributed by atoms with van der Waals surface area (Å²) in [7, 11) is 0. The van der Waals surface area contributed by atoms with Crippen LogP contribution in [0.5, 0.6) is 0 Å². The number of rotatable bonds is 4. The lowest BCUT2D eigenvalue weighted by Gasteiger charge is -2.11. The Morgan fingerprint density at radius 3 is 2.25 bits per heavy atom. The zero-order chi connectivity index (χ0) is 14.7. The van der Waals surface area contributed by atoms with E-state index in [9.17, 15) is 8.78 Å². The minimum atomic E-state index is -0.586. The number of halogens is 3. The van der Waals surface area contributed by atoms with Crippen molar-refractivity contribution >= 4 is 11.6 Å². The Morgan fingerprint density at radius 2 is 1.65 bits per heavy atom. The zero-order valence-electron chi connectivity index (χ0n) is 11.4. The molecule has 106 valence electrons. The molecule has 0 atom stereocenters. The van der Waals surface area contributed by atoms with Crippen LogP contribution in [0.2, 0.25) is 5.02 Å². The van der Waals surface area contributed by atoms with Gasteiger partial charge in [-0.3, -0.25) is 0 Å². The first-order chi connectivity index (χ1) is 9.45. The van der Waals surface area contributed by atoms with Gasteiger partial charge in [-0.25, -0.2) is 8.78 Å². The van der Waals surface area contributed by atoms with Gasteiger partial charge in [-0.2, -0.15) is 0 Å². The monoisotopic (exact) mass is 295 g/mol. The molecule has 2 aromatic rings. The van der Waals surface area contributed by atoms with E-state index in [1.54, 1.807) is 12.1 Å². The van der Waals surface area contributed by atoms with Crippen molar-refractivity contribution in [2.45, 2.75) is 26.4 Å². The summed E-state index contributed by atoms with van der Waals surface area (Å²) in [6, 6.07) is 9.18. The van der Waals surface area contributed by atoms with E-state index in [0.29, 0.717) is 23.2 Å². The van der Waals surface area contributed by atoms with Gasteiger partial charge in [0, 0.05) is 23.7 Å². The zero-order valence-corrected chi connectivity index (χ0v) is 12.1. The van der Waals surface area contributed by atoms with Crippen molar-refractivity contribution < 1.29 is 8.78 Å². The Morgan fingerprint density at radius 1 is 1.00 bits per heavy atom. The Balaban J connectivity index is 2.35. The highest BCUT2D eigenvalue weighted by atomic mass is 35.5. The van der Waals surface area contributed by atoms with E-state index in [-0.39, 0.29) is 0 Å². The lowest BCUT2D eigenvalue weighted by atomic mass is 10.0.